The van der Waals surface area contributed by atoms with Gasteiger partial charge in [0.2, 0.25) is 12.0 Å². The van der Waals surface area contributed by atoms with Gasteiger partial charge < -0.3 is 4.74 Å². The summed E-state index contributed by atoms with van der Waals surface area (Å²) in [4.78, 5) is 18.4. The molecule has 1 aromatic carbocycles. The van der Waals surface area contributed by atoms with Crippen molar-refractivity contribution in [2.45, 2.75) is 0 Å². The molecule has 3 aromatic rings. The Bertz CT molecular complexity index is 869. The molecule has 0 atom stereocenters. The first-order chi connectivity index (χ1) is 10.2. The van der Waals surface area contributed by atoms with Gasteiger partial charge in [-0.3, -0.25) is 0 Å². The van der Waals surface area contributed by atoms with Gasteiger partial charge in [-0.1, -0.05) is 17.7 Å². The molecule has 2 heterocycles. The SMILES string of the molecule is COc1ccc2nc(-c3ccc(Cl)c(N=C=O)c3)cn2n1. The summed E-state index contributed by atoms with van der Waals surface area (Å²) < 4.78 is 6.69. The van der Waals surface area contributed by atoms with E-state index in [-0.39, 0.29) is 0 Å². The topological polar surface area (TPSA) is 68.9 Å². The summed E-state index contributed by atoms with van der Waals surface area (Å²) in [6.07, 6.45) is 3.24. The van der Waals surface area contributed by atoms with Gasteiger partial charge >= 0.3 is 0 Å². The number of benzene rings is 1. The first-order valence-corrected chi connectivity index (χ1v) is 6.37. The van der Waals surface area contributed by atoms with E-state index in [9.17, 15) is 4.79 Å². The number of rotatable bonds is 3. The molecule has 0 aliphatic carbocycles. The van der Waals surface area contributed by atoms with Gasteiger partial charge in [-0.05, 0) is 18.2 Å². The van der Waals surface area contributed by atoms with E-state index in [4.69, 9.17) is 16.3 Å². The van der Waals surface area contributed by atoms with E-state index < -0.39 is 0 Å². The first-order valence-electron chi connectivity index (χ1n) is 5.99. The highest BCUT2D eigenvalue weighted by atomic mass is 35.5. The first kappa shape index (κ1) is 13.3. The summed E-state index contributed by atoms with van der Waals surface area (Å²) in [7, 11) is 1.55. The fraction of sp³-hybridized carbons (Fsp3) is 0.0714. The summed E-state index contributed by atoms with van der Waals surface area (Å²) in [6.45, 7) is 0. The second kappa shape index (κ2) is 5.36. The standard InChI is InChI=1S/C14H9ClN4O2/c1-21-14-5-4-13-17-12(7-19(13)18-14)9-2-3-10(15)11(6-9)16-8-20/h2-7H,1H3. The van der Waals surface area contributed by atoms with Crippen LogP contribution >= 0.6 is 11.6 Å². The lowest BCUT2D eigenvalue weighted by molar-refractivity contribution is 0.390. The molecule has 0 unspecified atom stereocenters. The maximum atomic E-state index is 10.4. The molecule has 104 valence electrons. The second-order valence-electron chi connectivity index (χ2n) is 4.17. The van der Waals surface area contributed by atoms with Crippen molar-refractivity contribution in [1.29, 1.82) is 0 Å². The highest BCUT2D eigenvalue weighted by Crippen LogP contribution is 2.30. The zero-order chi connectivity index (χ0) is 14.8. The number of methoxy groups -OCH3 is 1. The van der Waals surface area contributed by atoms with Crippen molar-refractivity contribution in [2.75, 3.05) is 7.11 Å². The van der Waals surface area contributed by atoms with Gasteiger partial charge in [-0.25, -0.2) is 14.3 Å². The molecule has 0 saturated heterocycles. The molecule has 0 aliphatic rings. The molecule has 2 aromatic heterocycles. The number of fused-ring (bicyclic) bond motifs is 1. The zero-order valence-corrected chi connectivity index (χ0v) is 11.7. The molecule has 0 saturated carbocycles. The molecule has 7 heteroatoms. The van der Waals surface area contributed by atoms with Crippen LogP contribution in [-0.2, 0) is 4.79 Å². The Morgan fingerprint density at radius 3 is 2.95 bits per heavy atom. The van der Waals surface area contributed by atoms with E-state index in [1.807, 2.05) is 0 Å². The minimum Gasteiger partial charge on any atom is -0.480 e. The maximum Gasteiger partial charge on any atom is 0.240 e. The van der Waals surface area contributed by atoms with Crippen LogP contribution in [0, 0.1) is 0 Å². The third-order valence-electron chi connectivity index (χ3n) is 2.91. The predicted octanol–water partition coefficient (Wildman–Crippen LogP) is 3.03. The van der Waals surface area contributed by atoms with Crippen molar-refractivity contribution < 1.29 is 9.53 Å². The van der Waals surface area contributed by atoms with Gasteiger partial charge in [-0.2, -0.15) is 4.99 Å². The number of nitrogens with zero attached hydrogens (tertiary/aromatic N) is 4. The molecule has 0 amide bonds. The van der Waals surface area contributed by atoms with Crippen LogP contribution < -0.4 is 4.74 Å². The van der Waals surface area contributed by atoms with Gasteiger partial charge in [0.15, 0.2) is 5.65 Å². The maximum absolute atomic E-state index is 10.4. The Kier molecular flexibility index (Phi) is 3.39. The number of aromatic nitrogens is 3. The Hall–Kier alpha value is -2.69. The predicted molar refractivity (Wildman–Crippen MR) is 77.8 cm³/mol. The zero-order valence-electron chi connectivity index (χ0n) is 10.9. The van der Waals surface area contributed by atoms with E-state index in [0.717, 1.165) is 5.56 Å². The average molecular weight is 301 g/mol. The van der Waals surface area contributed by atoms with E-state index in [1.165, 1.54) is 6.08 Å². The smallest absolute Gasteiger partial charge is 0.240 e. The number of hydrogen-bond acceptors (Lipinski definition) is 5. The molecule has 21 heavy (non-hydrogen) atoms. The Morgan fingerprint density at radius 1 is 1.33 bits per heavy atom. The molecular weight excluding hydrogens is 292 g/mol. The molecule has 0 radical (unpaired) electrons. The fourth-order valence-corrected chi connectivity index (χ4v) is 2.08. The van der Waals surface area contributed by atoms with Crippen molar-refractivity contribution in [2.24, 2.45) is 4.99 Å². The van der Waals surface area contributed by atoms with Crippen molar-refractivity contribution in [3.8, 4) is 17.1 Å². The largest absolute Gasteiger partial charge is 0.480 e. The van der Waals surface area contributed by atoms with Crippen LogP contribution in [0.4, 0.5) is 5.69 Å². The van der Waals surface area contributed by atoms with Crippen LogP contribution in [-0.4, -0.2) is 27.8 Å². The normalized spacial score (nSPS) is 10.4. The summed E-state index contributed by atoms with van der Waals surface area (Å²) >= 11 is 5.95. The van der Waals surface area contributed by atoms with Crippen LogP contribution in [0.15, 0.2) is 41.5 Å². The minimum absolute atomic E-state index is 0.353. The quantitative estimate of drug-likeness (QED) is 0.551. The fourth-order valence-electron chi connectivity index (χ4n) is 1.92. The third kappa shape index (κ3) is 2.50. The van der Waals surface area contributed by atoms with E-state index in [0.29, 0.717) is 27.9 Å². The number of hydrogen-bond donors (Lipinski definition) is 0. The number of aliphatic imine (C=N–C) groups is 1. The average Bonchev–Trinajstić information content (AvgIpc) is 2.92. The number of isocyanates is 1. The lowest BCUT2D eigenvalue weighted by Crippen LogP contribution is -1.93. The van der Waals surface area contributed by atoms with Crippen LogP contribution in [0.1, 0.15) is 0 Å². The van der Waals surface area contributed by atoms with Crippen molar-refractivity contribution in [3.63, 3.8) is 0 Å². The minimum atomic E-state index is 0.353. The number of ether oxygens (including phenoxy) is 1. The molecule has 0 spiro atoms. The summed E-state index contributed by atoms with van der Waals surface area (Å²) in [6, 6.07) is 8.66. The van der Waals surface area contributed by atoms with E-state index >= 15 is 0 Å². The molecule has 0 bridgehead atoms. The van der Waals surface area contributed by atoms with Gasteiger partial charge in [-0.15, -0.1) is 5.10 Å². The molecule has 6 nitrogen and oxygen atoms in total. The highest BCUT2D eigenvalue weighted by molar-refractivity contribution is 6.33. The summed E-state index contributed by atoms with van der Waals surface area (Å²) in [5, 5.41) is 4.62. The lowest BCUT2D eigenvalue weighted by atomic mass is 10.1. The number of halogens is 1. The molecule has 0 fully saturated rings. The number of carbonyl (C=O) groups excluding carboxylic acids is 1. The molecule has 0 N–H and O–H groups in total. The third-order valence-corrected chi connectivity index (χ3v) is 3.23. The number of imidazole rings is 1. The van der Waals surface area contributed by atoms with Crippen LogP contribution in [0.25, 0.3) is 16.9 Å². The summed E-state index contributed by atoms with van der Waals surface area (Å²) in [5.41, 5.74) is 2.50. The van der Waals surface area contributed by atoms with Crippen LogP contribution in [0.5, 0.6) is 5.88 Å². The summed E-state index contributed by atoms with van der Waals surface area (Å²) in [5.74, 6) is 0.494. The lowest BCUT2D eigenvalue weighted by Gasteiger charge is -1.99. The van der Waals surface area contributed by atoms with Gasteiger partial charge in [0.1, 0.15) is 0 Å². The monoisotopic (exact) mass is 300 g/mol. The second-order valence-corrected chi connectivity index (χ2v) is 4.58. The molecular formula is C14H9ClN4O2. The van der Waals surface area contributed by atoms with Crippen molar-refractivity contribution >= 4 is 29.0 Å². The molecule has 0 aliphatic heterocycles. The molecule has 3 rings (SSSR count). The van der Waals surface area contributed by atoms with Gasteiger partial charge in [0.25, 0.3) is 0 Å². The Morgan fingerprint density at radius 2 is 2.19 bits per heavy atom. The van der Waals surface area contributed by atoms with Crippen LogP contribution in [0.2, 0.25) is 5.02 Å². The van der Waals surface area contributed by atoms with E-state index in [2.05, 4.69) is 15.1 Å². The van der Waals surface area contributed by atoms with Crippen molar-refractivity contribution in [3.05, 3.63) is 41.6 Å². The van der Waals surface area contributed by atoms with Gasteiger partial charge in [0, 0.05) is 11.6 Å². The van der Waals surface area contributed by atoms with Gasteiger partial charge in [0.05, 0.1) is 29.7 Å². The Balaban J connectivity index is 2.11. The van der Waals surface area contributed by atoms with Crippen molar-refractivity contribution in [1.82, 2.24) is 14.6 Å². The van der Waals surface area contributed by atoms with E-state index in [1.54, 1.807) is 48.2 Å². The Labute approximate surface area is 124 Å². The highest BCUT2D eigenvalue weighted by Gasteiger charge is 2.08. The van der Waals surface area contributed by atoms with Crippen LogP contribution in [0.3, 0.4) is 0 Å².